The van der Waals surface area contributed by atoms with E-state index < -0.39 is 0 Å². The Labute approximate surface area is 171 Å². The van der Waals surface area contributed by atoms with Crippen LogP contribution in [0.4, 0.5) is 0 Å². The summed E-state index contributed by atoms with van der Waals surface area (Å²) in [5, 5.41) is 3.77. The number of carbonyl (C=O) groups is 1. The van der Waals surface area contributed by atoms with E-state index in [9.17, 15) is 9.59 Å². The number of amides is 1. The smallest absolute Gasteiger partial charge is 0.253 e. The molecule has 29 heavy (non-hydrogen) atoms. The van der Waals surface area contributed by atoms with Gasteiger partial charge in [0.15, 0.2) is 0 Å². The van der Waals surface area contributed by atoms with Gasteiger partial charge in [-0.15, -0.1) is 0 Å². The highest BCUT2D eigenvalue weighted by Crippen LogP contribution is 2.35. The molecule has 0 bridgehead atoms. The molecular formula is C23H26BN3O2. The van der Waals surface area contributed by atoms with Crippen LogP contribution in [0.3, 0.4) is 0 Å². The maximum Gasteiger partial charge on any atom is 0.253 e. The van der Waals surface area contributed by atoms with Crippen LogP contribution in [0.1, 0.15) is 72.2 Å². The molecule has 1 aliphatic rings. The van der Waals surface area contributed by atoms with Crippen molar-refractivity contribution < 1.29 is 4.79 Å². The third kappa shape index (κ3) is 3.64. The number of carbonyl (C=O) groups excluding carboxylic acids is 1. The minimum absolute atomic E-state index is 0.115. The topological polar surface area (TPSA) is 66.9 Å². The fourth-order valence-corrected chi connectivity index (χ4v) is 4.09. The summed E-state index contributed by atoms with van der Waals surface area (Å²) in [5.41, 5.74) is 4.42. The molecule has 1 fully saturated rings. The molecule has 1 aliphatic carbocycles. The zero-order valence-electron chi connectivity index (χ0n) is 17.2. The van der Waals surface area contributed by atoms with Gasteiger partial charge < -0.3 is 14.9 Å². The molecule has 0 spiro atoms. The van der Waals surface area contributed by atoms with Crippen LogP contribution in [0.2, 0.25) is 0 Å². The minimum Gasteiger partial charge on any atom is -0.348 e. The van der Waals surface area contributed by atoms with E-state index in [0.29, 0.717) is 22.5 Å². The summed E-state index contributed by atoms with van der Waals surface area (Å²) < 4.78 is 2.09. The maximum absolute atomic E-state index is 12.9. The van der Waals surface area contributed by atoms with Crippen molar-refractivity contribution in [3.63, 3.8) is 0 Å². The first-order chi connectivity index (χ1) is 13.8. The van der Waals surface area contributed by atoms with E-state index in [1.54, 1.807) is 6.07 Å². The van der Waals surface area contributed by atoms with Gasteiger partial charge in [-0.1, -0.05) is 17.9 Å². The number of H-pyrrole nitrogens is 1. The minimum atomic E-state index is -0.231. The molecule has 148 valence electrons. The Morgan fingerprint density at radius 2 is 2.07 bits per heavy atom. The number of pyridine rings is 1. The number of fused-ring (bicyclic) bond motifs is 1. The van der Waals surface area contributed by atoms with E-state index >= 15 is 0 Å². The van der Waals surface area contributed by atoms with Gasteiger partial charge in [0.1, 0.15) is 7.85 Å². The summed E-state index contributed by atoms with van der Waals surface area (Å²) >= 11 is 0. The number of benzene rings is 1. The molecular weight excluding hydrogens is 361 g/mol. The normalized spacial score (nSPS) is 14.3. The van der Waals surface area contributed by atoms with Crippen molar-refractivity contribution in [3.05, 3.63) is 63.2 Å². The molecule has 1 amide bonds. The maximum atomic E-state index is 12.9. The molecule has 2 N–H and O–H groups in total. The van der Waals surface area contributed by atoms with Crippen molar-refractivity contribution in [3.8, 4) is 0 Å². The Balaban J connectivity index is 1.58. The van der Waals surface area contributed by atoms with Gasteiger partial charge in [0.2, 0.25) is 0 Å². The van der Waals surface area contributed by atoms with Crippen molar-refractivity contribution in [1.29, 1.82) is 0 Å². The lowest BCUT2D eigenvalue weighted by molar-refractivity contribution is 0.0952. The number of hydrogen-bond acceptors (Lipinski definition) is 2. The Bertz CT molecular complexity index is 1140. The fourth-order valence-electron chi connectivity index (χ4n) is 4.09. The second-order valence-electron chi connectivity index (χ2n) is 8.34. The van der Waals surface area contributed by atoms with Gasteiger partial charge >= 0.3 is 0 Å². The van der Waals surface area contributed by atoms with Gasteiger partial charge in [0.25, 0.3) is 11.5 Å². The summed E-state index contributed by atoms with van der Waals surface area (Å²) in [6.07, 6.45) is 5.45. The number of aromatic nitrogens is 2. The van der Waals surface area contributed by atoms with E-state index in [-0.39, 0.29) is 24.1 Å². The monoisotopic (exact) mass is 387 g/mol. The average Bonchev–Trinajstić information content (AvgIpc) is 3.02. The molecule has 1 aromatic carbocycles. The first-order valence-electron chi connectivity index (χ1n) is 10.3. The van der Waals surface area contributed by atoms with Crippen molar-refractivity contribution in [2.75, 3.05) is 0 Å². The molecule has 2 aromatic heterocycles. The lowest BCUT2D eigenvalue weighted by Gasteiger charge is -2.25. The second-order valence-corrected chi connectivity index (χ2v) is 8.34. The lowest BCUT2D eigenvalue weighted by Crippen LogP contribution is -2.29. The standard InChI is InChI=1S/C23H26BN3O2/c1-13(2)27-8-7-17-18(10-16(24)11-21(17)27)22(28)25-12-19-14(3)9-20(26-23(19)29)15-5-4-6-15/h7-11,13,15H,4-6,12H2,1-3H3,(H,25,28)(H,26,29). The van der Waals surface area contributed by atoms with Crippen LogP contribution in [0.5, 0.6) is 0 Å². The van der Waals surface area contributed by atoms with Gasteiger partial charge in [-0.05, 0) is 63.3 Å². The number of aromatic amines is 1. The summed E-state index contributed by atoms with van der Waals surface area (Å²) in [6, 6.07) is 7.84. The summed E-state index contributed by atoms with van der Waals surface area (Å²) in [7, 11) is 6.06. The van der Waals surface area contributed by atoms with Crippen LogP contribution in [0, 0.1) is 6.92 Å². The number of nitrogens with zero attached hydrogens (tertiary/aromatic N) is 1. The van der Waals surface area contributed by atoms with E-state index in [2.05, 4.69) is 28.7 Å². The highest BCUT2D eigenvalue weighted by atomic mass is 16.1. The Morgan fingerprint density at radius 3 is 2.69 bits per heavy atom. The zero-order chi connectivity index (χ0) is 20.7. The van der Waals surface area contributed by atoms with Gasteiger partial charge in [-0.3, -0.25) is 9.59 Å². The predicted octanol–water partition coefficient (Wildman–Crippen LogP) is 3.21. The highest BCUT2D eigenvalue weighted by molar-refractivity contribution is 6.34. The second kappa shape index (κ2) is 7.58. The largest absolute Gasteiger partial charge is 0.348 e. The van der Waals surface area contributed by atoms with Crippen LogP contribution in [0.25, 0.3) is 10.9 Å². The SMILES string of the molecule is [B]c1cc(C(=O)NCc2c(C)cc(C3CCC3)[nH]c2=O)c2ccn(C(C)C)c2c1. The van der Waals surface area contributed by atoms with Crippen LogP contribution >= 0.6 is 0 Å². The molecule has 4 rings (SSSR count). The van der Waals surface area contributed by atoms with Gasteiger partial charge in [-0.25, -0.2) is 0 Å². The van der Waals surface area contributed by atoms with Gasteiger partial charge in [0.05, 0.1) is 0 Å². The first kappa shape index (κ1) is 19.6. The molecule has 1 saturated carbocycles. The van der Waals surface area contributed by atoms with Crippen molar-refractivity contribution >= 4 is 30.1 Å². The molecule has 0 atom stereocenters. The third-order valence-corrected chi connectivity index (χ3v) is 6.01. The van der Waals surface area contributed by atoms with Crippen LogP contribution in [-0.2, 0) is 6.54 Å². The molecule has 5 nitrogen and oxygen atoms in total. The van der Waals surface area contributed by atoms with E-state index in [1.807, 2.05) is 31.3 Å². The highest BCUT2D eigenvalue weighted by Gasteiger charge is 2.22. The van der Waals surface area contributed by atoms with E-state index in [1.165, 1.54) is 6.42 Å². The quantitative estimate of drug-likeness (QED) is 0.661. The van der Waals surface area contributed by atoms with Gasteiger partial charge in [-0.2, -0.15) is 0 Å². The van der Waals surface area contributed by atoms with Crippen molar-refractivity contribution in [1.82, 2.24) is 14.9 Å². The van der Waals surface area contributed by atoms with Crippen LogP contribution in [-0.4, -0.2) is 23.3 Å². The number of hydrogen-bond donors (Lipinski definition) is 2. The van der Waals surface area contributed by atoms with E-state index in [0.717, 1.165) is 35.0 Å². The van der Waals surface area contributed by atoms with Crippen molar-refractivity contribution in [2.45, 2.75) is 58.5 Å². The first-order valence-corrected chi connectivity index (χ1v) is 10.3. The van der Waals surface area contributed by atoms with E-state index in [4.69, 9.17) is 7.85 Å². The number of rotatable bonds is 5. The van der Waals surface area contributed by atoms with Crippen molar-refractivity contribution in [2.24, 2.45) is 0 Å². The number of aryl methyl sites for hydroxylation is 1. The molecule has 0 unspecified atom stereocenters. The molecule has 2 radical (unpaired) electrons. The van der Waals surface area contributed by atoms with Gasteiger partial charge in [0, 0.05) is 46.5 Å². The molecule has 3 aromatic rings. The van der Waals surface area contributed by atoms with Crippen LogP contribution in [0.15, 0.2) is 35.3 Å². The Morgan fingerprint density at radius 1 is 1.31 bits per heavy atom. The third-order valence-electron chi connectivity index (χ3n) is 6.01. The fraction of sp³-hybridized carbons (Fsp3) is 0.391. The molecule has 0 saturated heterocycles. The average molecular weight is 387 g/mol. The summed E-state index contributed by atoms with van der Waals surface area (Å²) in [5.74, 6) is 0.237. The summed E-state index contributed by atoms with van der Waals surface area (Å²) in [4.78, 5) is 28.5. The zero-order valence-corrected chi connectivity index (χ0v) is 17.2. The van der Waals surface area contributed by atoms with Crippen LogP contribution < -0.4 is 16.3 Å². The summed E-state index contributed by atoms with van der Waals surface area (Å²) in [6.45, 7) is 6.29. The Hall–Kier alpha value is -2.76. The molecule has 2 heterocycles. The lowest BCUT2D eigenvalue weighted by atomic mass is 9.82. The molecule has 0 aliphatic heterocycles. The predicted molar refractivity (Wildman–Crippen MR) is 117 cm³/mol. The number of nitrogens with one attached hydrogen (secondary N) is 2. The molecule has 6 heteroatoms. The Kier molecular flexibility index (Phi) is 5.11.